The van der Waals surface area contributed by atoms with Crippen molar-refractivity contribution in [2.24, 2.45) is 0 Å². The van der Waals surface area contributed by atoms with Crippen molar-refractivity contribution in [2.45, 2.75) is 26.2 Å². The minimum atomic E-state index is -2.13. The summed E-state index contributed by atoms with van der Waals surface area (Å²) >= 11 is -2.13. The Kier molecular flexibility index (Phi) is 3.41. The van der Waals surface area contributed by atoms with Gasteiger partial charge in [0, 0.05) is 11.8 Å². The molecule has 1 N–H and O–H groups in total. The Morgan fingerprint density at radius 2 is 2.17 bits per heavy atom. The molecular weight excluding hydrogens is 252 g/mol. The Hall–Kier alpha value is -1.40. The Labute approximate surface area is 108 Å². The number of hydrogen-bond donors (Lipinski definition) is 1. The fraction of sp³-hybridized carbons (Fsp3) is 0.417. The largest absolute Gasteiger partial charge is 0.771 e. The van der Waals surface area contributed by atoms with E-state index in [0.29, 0.717) is 5.58 Å². The Balaban J connectivity index is 2.49. The normalized spacial score (nSPS) is 13.8. The van der Waals surface area contributed by atoms with E-state index >= 15 is 0 Å². The van der Waals surface area contributed by atoms with Gasteiger partial charge in [0.05, 0.1) is 5.88 Å². The molecule has 1 atom stereocenters. The van der Waals surface area contributed by atoms with Gasteiger partial charge >= 0.3 is 0 Å². The Bertz CT molecular complexity index is 587. The lowest BCUT2D eigenvalue weighted by molar-refractivity contribution is 0.538. The van der Waals surface area contributed by atoms with E-state index in [4.69, 9.17) is 4.42 Å². The summed E-state index contributed by atoms with van der Waals surface area (Å²) in [7, 11) is 0. The van der Waals surface area contributed by atoms with Crippen LogP contribution in [0.1, 0.15) is 26.3 Å². The Morgan fingerprint density at radius 3 is 2.78 bits per heavy atom. The molecule has 0 bridgehead atoms. The molecule has 0 fully saturated rings. The second-order valence-electron chi connectivity index (χ2n) is 5.09. The van der Waals surface area contributed by atoms with E-state index in [9.17, 15) is 8.76 Å². The topological polar surface area (TPSA) is 78.2 Å². The second kappa shape index (κ2) is 4.70. The molecule has 0 amide bonds. The lowest BCUT2D eigenvalue weighted by atomic mass is 9.85. The van der Waals surface area contributed by atoms with Crippen LogP contribution in [0, 0.1) is 0 Å². The standard InChI is InChI=1S/C12H16N2O3S/c1-12(2,3)8-4-10-11(17-6-13-10)5-9(8)14-7-18(15)16/h4-6,14H,7H2,1-3H3,(H,15,16)/p-1. The lowest BCUT2D eigenvalue weighted by Crippen LogP contribution is -2.16. The maximum Gasteiger partial charge on any atom is 0.181 e. The van der Waals surface area contributed by atoms with Crippen molar-refractivity contribution in [1.82, 2.24) is 4.98 Å². The molecule has 2 aromatic rings. The van der Waals surface area contributed by atoms with E-state index in [1.807, 2.05) is 6.07 Å². The summed E-state index contributed by atoms with van der Waals surface area (Å²) in [5.74, 6) is -0.122. The summed E-state index contributed by atoms with van der Waals surface area (Å²) in [4.78, 5) is 4.11. The first-order valence-electron chi connectivity index (χ1n) is 5.55. The van der Waals surface area contributed by atoms with Gasteiger partial charge in [-0.1, -0.05) is 20.8 Å². The number of oxazole rings is 1. The molecular formula is C12H15N2O3S-. The van der Waals surface area contributed by atoms with Crippen molar-refractivity contribution < 1.29 is 13.2 Å². The number of anilines is 1. The second-order valence-corrected chi connectivity index (χ2v) is 5.99. The van der Waals surface area contributed by atoms with Crippen LogP contribution in [0.25, 0.3) is 11.1 Å². The van der Waals surface area contributed by atoms with Gasteiger partial charge in [-0.3, -0.25) is 4.21 Å². The van der Waals surface area contributed by atoms with Crippen molar-refractivity contribution in [2.75, 3.05) is 11.2 Å². The molecule has 0 aliphatic carbocycles. The van der Waals surface area contributed by atoms with Crippen LogP contribution in [0.3, 0.4) is 0 Å². The third-order valence-corrected chi connectivity index (χ3v) is 3.04. The zero-order chi connectivity index (χ0) is 13.3. The molecule has 5 nitrogen and oxygen atoms in total. The van der Waals surface area contributed by atoms with Gasteiger partial charge in [-0.25, -0.2) is 4.98 Å². The fourth-order valence-corrected chi connectivity index (χ4v) is 2.08. The molecule has 0 aliphatic heterocycles. The zero-order valence-electron chi connectivity index (χ0n) is 10.5. The monoisotopic (exact) mass is 267 g/mol. The van der Waals surface area contributed by atoms with Crippen LogP contribution in [-0.2, 0) is 16.5 Å². The maximum absolute atomic E-state index is 10.6. The maximum atomic E-state index is 10.6. The molecule has 0 saturated carbocycles. The summed E-state index contributed by atoms with van der Waals surface area (Å²) in [6.45, 7) is 6.19. The Morgan fingerprint density at radius 1 is 1.44 bits per heavy atom. The van der Waals surface area contributed by atoms with Gasteiger partial charge in [-0.05, 0) is 28.1 Å². The van der Waals surface area contributed by atoms with Crippen molar-refractivity contribution in [1.29, 1.82) is 0 Å². The number of nitrogens with one attached hydrogen (secondary N) is 1. The molecule has 1 unspecified atom stereocenters. The summed E-state index contributed by atoms with van der Waals surface area (Å²) in [5, 5.41) is 2.90. The van der Waals surface area contributed by atoms with E-state index in [-0.39, 0.29) is 11.3 Å². The van der Waals surface area contributed by atoms with E-state index < -0.39 is 11.1 Å². The minimum Gasteiger partial charge on any atom is -0.771 e. The molecule has 1 heterocycles. The highest BCUT2D eigenvalue weighted by molar-refractivity contribution is 7.79. The molecule has 0 spiro atoms. The van der Waals surface area contributed by atoms with Crippen LogP contribution in [0.4, 0.5) is 5.69 Å². The molecule has 0 saturated heterocycles. The van der Waals surface area contributed by atoms with Gasteiger partial charge in [0.1, 0.15) is 5.52 Å². The van der Waals surface area contributed by atoms with E-state index in [0.717, 1.165) is 16.8 Å². The van der Waals surface area contributed by atoms with Crippen molar-refractivity contribution in [3.05, 3.63) is 24.1 Å². The molecule has 18 heavy (non-hydrogen) atoms. The van der Waals surface area contributed by atoms with Crippen LogP contribution in [0.15, 0.2) is 22.9 Å². The van der Waals surface area contributed by atoms with Crippen LogP contribution in [-0.4, -0.2) is 19.6 Å². The smallest absolute Gasteiger partial charge is 0.181 e. The third-order valence-electron chi connectivity index (χ3n) is 2.66. The first kappa shape index (κ1) is 13.0. The molecule has 2 rings (SSSR count). The molecule has 98 valence electrons. The minimum absolute atomic E-state index is 0.111. The van der Waals surface area contributed by atoms with Crippen LogP contribution < -0.4 is 5.32 Å². The van der Waals surface area contributed by atoms with Crippen molar-refractivity contribution in [3.63, 3.8) is 0 Å². The van der Waals surface area contributed by atoms with Crippen LogP contribution in [0.5, 0.6) is 0 Å². The van der Waals surface area contributed by atoms with Crippen molar-refractivity contribution in [3.8, 4) is 0 Å². The van der Waals surface area contributed by atoms with E-state index in [1.54, 1.807) is 6.07 Å². The summed E-state index contributed by atoms with van der Waals surface area (Å²) < 4.78 is 26.5. The van der Waals surface area contributed by atoms with Crippen LogP contribution in [0.2, 0.25) is 0 Å². The molecule has 6 heteroatoms. The van der Waals surface area contributed by atoms with Gasteiger partial charge in [0.25, 0.3) is 0 Å². The van der Waals surface area contributed by atoms with Gasteiger partial charge in [-0.15, -0.1) is 0 Å². The van der Waals surface area contributed by atoms with Crippen LogP contribution >= 0.6 is 0 Å². The predicted octanol–water partition coefficient (Wildman–Crippen LogP) is 2.37. The van der Waals surface area contributed by atoms with E-state index in [2.05, 4.69) is 31.1 Å². The quantitative estimate of drug-likeness (QED) is 0.864. The van der Waals surface area contributed by atoms with Crippen molar-refractivity contribution >= 4 is 27.9 Å². The SMILES string of the molecule is CC(C)(C)c1cc2ncoc2cc1NCS(=O)[O-]. The van der Waals surface area contributed by atoms with Gasteiger partial charge in [-0.2, -0.15) is 0 Å². The average molecular weight is 267 g/mol. The number of aromatic nitrogens is 1. The average Bonchev–Trinajstić information content (AvgIpc) is 2.70. The summed E-state index contributed by atoms with van der Waals surface area (Å²) in [6, 6.07) is 3.71. The lowest BCUT2D eigenvalue weighted by Gasteiger charge is -2.23. The first-order valence-corrected chi connectivity index (χ1v) is 6.80. The predicted molar refractivity (Wildman–Crippen MR) is 70.1 cm³/mol. The number of nitrogens with zero attached hydrogens (tertiary/aromatic N) is 1. The molecule has 0 aliphatic rings. The molecule has 1 aromatic carbocycles. The third kappa shape index (κ3) is 2.70. The summed E-state index contributed by atoms with van der Waals surface area (Å²) in [5.41, 5.74) is 3.07. The van der Waals surface area contributed by atoms with E-state index in [1.165, 1.54) is 6.39 Å². The highest BCUT2D eigenvalue weighted by Gasteiger charge is 2.19. The number of benzene rings is 1. The molecule has 1 aromatic heterocycles. The zero-order valence-corrected chi connectivity index (χ0v) is 11.3. The number of hydrogen-bond acceptors (Lipinski definition) is 5. The summed E-state index contributed by atoms with van der Waals surface area (Å²) in [6.07, 6.45) is 1.38. The first-order chi connectivity index (χ1) is 8.38. The van der Waals surface area contributed by atoms with Gasteiger partial charge in [0.2, 0.25) is 0 Å². The highest BCUT2D eigenvalue weighted by Crippen LogP contribution is 2.33. The fourth-order valence-electron chi connectivity index (χ4n) is 1.81. The van der Waals surface area contributed by atoms with Gasteiger partial charge in [0.15, 0.2) is 12.0 Å². The number of rotatable bonds is 3. The highest BCUT2D eigenvalue weighted by atomic mass is 32.2. The van der Waals surface area contributed by atoms with Gasteiger partial charge < -0.3 is 14.3 Å². The molecule has 0 radical (unpaired) electrons. The number of fused-ring (bicyclic) bond motifs is 1.